The van der Waals surface area contributed by atoms with E-state index in [2.05, 4.69) is 40.5 Å². The highest BCUT2D eigenvalue weighted by Crippen LogP contribution is 2.23. The van der Waals surface area contributed by atoms with Gasteiger partial charge in [0.25, 0.3) is 0 Å². The maximum Gasteiger partial charge on any atom is 0.173 e. The zero-order valence-electron chi connectivity index (χ0n) is 13.3. The van der Waals surface area contributed by atoms with E-state index in [4.69, 9.17) is 23.8 Å². The topological polar surface area (TPSA) is 15.3 Å². The molecule has 1 heterocycles. The van der Waals surface area contributed by atoms with Crippen molar-refractivity contribution >= 4 is 34.6 Å². The first-order chi connectivity index (χ1) is 11.6. The van der Waals surface area contributed by atoms with Gasteiger partial charge in [-0.15, -0.1) is 0 Å². The number of halogens is 2. The number of benzene rings is 2. The van der Waals surface area contributed by atoms with Gasteiger partial charge in [-0.1, -0.05) is 41.9 Å². The number of rotatable bonds is 3. The van der Waals surface area contributed by atoms with Crippen LogP contribution in [-0.2, 0) is 6.42 Å². The summed E-state index contributed by atoms with van der Waals surface area (Å²) in [5, 5.41) is 3.87. The Bertz CT molecular complexity index is 700. The van der Waals surface area contributed by atoms with Crippen molar-refractivity contribution in [1.82, 2.24) is 4.90 Å². The molecule has 0 unspecified atom stereocenters. The van der Waals surface area contributed by atoms with Crippen LogP contribution >= 0.6 is 23.8 Å². The number of nitrogens with one attached hydrogen (secondary N) is 1. The zero-order chi connectivity index (χ0) is 16.9. The smallest absolute Gasteiger partial charge is 0.173 e. The van der Waals surface area contributed by atoms with Gasteiger partial charge in [0.2, 0.25) is 0 Å². The van der Waals surface area contributed by atoms with Gasteiger partial charge in [0.1, 0.15) is 5.82 Å². The average molecular weight is 363 g/mol. The second-order valence-corrected chi connectivity index (χ2v) is 6.97. The Morgan fingerprint density at radius 1 is 1.17 bits per heavy atom. The van der Waals surface area contributed by atoms with Crippen LogP contribution in [0.1, 0.15) is 18.4 Å². The molecule has 2 nitrogen and oxygen atoms in total. The second kappa shape index (κ2) is 7.95. The maximum atomic E-state index is 13.5. The molecule has 0 saturated carbocycles. The molecule has 1 aliphatic heterocycles. The molecule has 126 valence electrons. The monoisotopic (exact) mass is 362 g/mol. The Morgan fingerprint density at radius 2 is 1.88 bits per heavy atom. The Labute approximate surface area is 152 Å². The highest BCUT2D eigenvalue weighted by atomic mass is 35.5. The molecule has 0 atom stereocenters. The van der Waals surface area contributed by atoms with Crippen molar-refractivity contribution in [3.8, 4) is 0 Å². The molecule has 5 heteroatoms. The SMILES string of the molecule is Fc1cc(NC(=S)N2CCC(Cc3ccccc3)CC2)ccc1Cl. The van der Waals surface area contributed by atoms with E-state index in [1.165, 1.54) is 17.7 Å². The van der Waals surface area contributed by atoms with Crippen molar-refractivity contribution in [3.63, 3.8) is 0 Å². The second-order valence-electron chi connectivity index (χ2n) is 6.18. The van der Waals surface area contributed by atoms with Crippen LogP contribution < -0.4 is 5.32 Å². The van der Waals surface area contributed by atoms with Crippen molar-refractivity contribution in [2.45, 2.75) is 19.3 Å². The summed E-state index contributed by atoms with van der Waals surface area (Å²) < 4.78 is 13.5. The van der Waals surface area contributed by atoms with E-state index in [0.717, 1.165) is 32.4 Å². The van der Waals surface area contributed by atoms with Crippen LogP contribution in [0.4, 0.5) is 10.1 Å². The molecule has 0 aliphatic carbocycles. The molecule has 2 aromatic carbocycles. The summed E-state index contributed by atoms with van der Waals surface area (Å²) in [5.74, 6) is 0.255. The maximum absolute atomic E-state index is 13.5. The molecular weight excluding hydrogens is 343 g/mol. The number of piperidine rings is 1. The highest BCUT2D eigenvalue weighted by molar-refractivity contribution is 7.80. The lowest BCUT2D eigenvalue weighted by Gasteiger charge is -2.34. The van der Waals surface area contributed by atoms with Crippen LogP contribution in [0.15, 0.2) is 48.5 Å². The lowest BCUT2D eigenvalue weighted by atomic mass is 9.90. The first-order valence-electron chi connectivity index (χ1n) is 8.17. The van der Waals surface area contributed by atoms with Crippen molar-refractivity contribution in [2.75, 3.05) is 18.4 Å². The third kappa shape index (κ3) is 4.46. The van der Waals surface area contributed by atoms with Crippen LogP contribution in [0.2, 0.25) is 5.02 Å². The molecule has 3 rings (SSSR count). The number of thiocarbonyl (C=S) groups is 1. The Hall–Kier alpha value is -1.65. The van der Waals surface area contributed by atoms with Crippen molar-refractivity contribution in [1.29, 1.82) is 0 Å². The molecule has 2 aromatic rings. The third-order valence-electron chi connectivity index (χ3n) is 4.44. The van der Waals surface area contributed by atoms with Gasteiger partial charge in [0.15, 0.2) is 5.11 Å². The number of nitrogens with zero attached hydrogens (tertiary/aromatic N) is 1. The quantitative estimate of drug-likeness (QED) is 0.762. The van der Waals surface area contributed by atoms with Gasteiger partial charge < -0.3 is 10.2 Å². The van der Waals surface area contributed by atoms with Gasteiger partial charge >= 0.3 is 0 Å². The van der Waals surface area contributed by atoms with E-state index < -0.39 is 5.82 Å². The normalized spacial score (nSPS) is 15.3. The van der Waals surface area contributed by atoms with Crippen LogP contribution in [0.5, 0.6) is 0 Å². The molecule has 0 bridgehead atoms. The molecule has 1 aliphatic rings. The predicted molar refractivity (Wildman–Crippen MR) is 102 cm³/mol. The standard InChI is InChI=1S/C19H20ClFN2S/c20-17-7-6-16(13-18(17)21)22-19(24)23-10-8-15(9-11-23)12-14-4-2-1-3-5-14/h1-7,13,15H,8-12H2,(H,22,24). The molecule has 1 fully saturated rings. The minimum absolute atomic E-state index is 0.119. The Morgan fingerprint density at radius 3 is 2.54 bits per heavy atom. The number of hydrogen-bond donors (Lipinski definition) is 1. The molecule has 0 amide bonds. The summed E-state index contributed by atoms with van der Waals surface area (Å²) in [7, 11) is 0. The fraction of sp³-hybridized carbons (Fsp3) is 0.316. The third-order valence-corrected chi connectivity index (χ3v) is 5.11. The largest absolute Gasteiger partial charge is 0.349 e. The van der Waals surface area contributed by atoms with E-state index in [0.29, 0.717) is 16.7 Å². The molecule has 24 heavy (non-hydrogen) atoms. The minimum atomic E-state index is -0.439. The van der Waals surface area contributed by atoms with Crippen LogP contribution in [-0.4, -0.2) is 23.1 Å². The summed E-state index contributed by atoms with van der Waals surface area (Å²) in [4.78, 5) is 2.16. The van der Waals surface area contributed by atoms with Gasteiger partial charge in [-0.2, -0.15) is 0 Å². The fourth-order valence-corrected chi connectivity index (χ4v) is 3.48. The van der Waals surface area contributed by atoms with Crippen LogP contribution in [0, 0.1) is 11.7 Å². The Kier molecular flexibility index (Phi) is 5.69. The molecule has 0 spiro atoms. The van der Waals surface area contributed by atoms with Crippen LogP contribution in [0.3, 0.4) is 0 Å². The van der Waals surface area contributed by atoms with Crippen molar-refractivity contribution in [2.24, 2.45) is 5.92 Å². The van der Waals surface area contributed by atoms with E-state index in [1.54, 1.807) is 6.07 Å². The lowest BCUT2D eigenvalue weighted by molar-refractivity contribution is 0.268. The van der Waals surface area contributed by atoms with E-state index >= 15 is 0 Å². The van der Waals surface area contributed by atoms with Crippen molar-refractivity contribution < 1.29 is 4.39 Å². The van der Waals surface area contributed by atoms with Gasteiger partial charge in [-0.3, -0.25) is 0 Å². The lowest BCUT2D eigenvalue weighted by Crippen LogP contribution is -2.41. The number of anilines is 1. The van der Waals surface area contributed by atoms with Gasteiger partial charge in [0, 0.05) is 18.8 Å². The predicted octanol–water partition coefficient (Wildman–Crippen LogP) is 5.13. The van der Waals surface area contributed by atoms with E-state index in [1.807, 2.05) is 0 Å². The minimum Gasteiger partial charge on any atom is -0.349 e. The van der Waals surface area contributed by atoms with Crippen LogP contribution in [0.25, 0.3) is 0 Å². The molecule has 1 saturated heterocycles. The van der Waals surface area contributed by atoms with E-state index in [9.17, 15) is 4.39 Å². The number of likely N-dealkylation sites (tertiary alicyclic amines) is 1. The molecule has 1 N–H and O–H groups in total. The molecule has 0 radical (unpaired) electrons. The van der Waals surface area contributed by atoms with E-state index in [-0.39, 0.29) is 5.02 Å². The summed E-state index contributed by atoms with van der Waals surface area (Å²) >= 11 is 11.2. The zero-order valence-corrected chi connectivity index (χ0v) is 14.9. The Balaban J connectivity index is 1.50. The summed E-state index contributed by atoms with van der Waals surface area (Å²) in [6, 6.07) is 15.3. The number of hydrogen-bond acceptors (Lipinski definition) is 1. The molecular formula is C19H20ClFN2S. The fourth-order valence-electron chi connectivity index (χ4n) is 3.06. The highest BCUT2D eigenvalue weighted by Gasteiger charge is 2.21. The first kappa shape index (κ1) is 17.2. The van der Waals surface area contributed by atoms with Crippen molar-refractivity contribution in [3.05, 3.63) is 64.9 Å². The first-order valence-corrected chi connectivity index (χ1v) is 8.95. The average Bonchev–Trinajstić information content (AvgIpc) is 2.60. The molecule has 0 aromatic heterocycles. The van der Waals surface area contributed by atoms with Gasteiger partial charge in [0.05, 0.1) is 5.02 Å². The summed E-state index contributed by atoms with van der Waals surface area (Å²) in [6.07, 6.45) is 3.36. The summed E-state index contributed by atoms with van der Waals surface area (Å²) in [6.45, 7) is 1.86. The summed E-state index contributed by atoms with van der Waals surface area (Å²) in [5.41, 5.74) is 2.03. The van der Waals surface area contributed by atoms with Gasteiger partial charge in [-0.25, -0.2) is 4.39 Å². The van der Waals surface area contributed by atoms with Gasteiger partial charge in [-0.05, 0) is 61.2 Å².